The van der Waals surface area contributed by atoms with Gasteiger partial charge in [-0.3, -0.25) is 4.79 Å². The Kier molecular flexibility index (Phi) is 8.40. The molecular weight excluding hydrogens is 498 g/mol. The van der Waals surface area contributed by atoms with E-state index in [0.717, 1.165) is 51.4 Å². The fraction of sp³-hybridized carbons (Fsp3) is 0.519. The summed E-state index contributed by atoms with van der Waals surface area (Å²) in [5.41, 5.74) is 0.353. The molecule has 196 valence electrons. The van der Waals surface area contributed by atoms with Gasteiger partial charge in [-0.25, -0.2) is 16.8 Å². The molecule has 1 atom stereocenters. The first-order valence-electron chi connectivity index (χ1n) is 12.9. The van der Waals surface area contributed by atoms with Crippen molar-refractivity contribution in [3.63, 3.8) is 0 Å². The van der Waals surface area contributed by atoms with Crippen molar-refractivity contribution in [2.24, 2.45) is 0 Å². The number of likely N-dealkylation sites (tertiary alicyclic amines) is 1. The highest BCUT2D eigenvalue weighted by Gasteiger charge is 2.46. The summed E-state index contributed by atoms with van der Waals surface area (Å²) in [6.45, 7) is 3.63. The van der Waals surface area contributed by atoms with Gasteiger partial charge in [0.2, 0.25) is 0 Å². The molecule has 1 unspecified atom stereocenters. The molecule has 0 aliphatic carbocycles. The Morgan fingerprint density at radius 1 is 0.972 bits per heavy atom. The predicted molar refractivity (Wildman–Crippen MR) is 139 cm³/mol. The van der Waals surface area contributed by atoms with E-state index in [-0.39, 0.29) is 39.2 Å². The van der Waals surface area contributed by atoms with Crippen LogP contribution < -0.4 is 4.74 Å². The van der Waals surface area contributed by atoms with Crippen molar-refractivity contribution in [3.8, 4) is 5.75 Å². The van der Waals surface area contributed by atoms with E-state index in [4.69, 9.17) is 4.74 Å². The fourth-order valence-corrected chi connectivity index (χ4v) is 9.35. The summed E-state index contributed by atoms with van der Waals surface area (Å²) in [5.74, 6) is -0.681. The van der Waals surface area contributed by atoms with Gasteiger partial charge in [0.15, 0.2) is 19.7 Å². The van der Waals surface area contributed by atoms with Gasteiger partial charge >= 0.3 is 0 Å². The van der Waals surface area contributed by atoms with Gasteiger partial charge < -0.3 is 9.64 Å². The minimum atomic E-state index is -4.04. The molecule has 2 aliphatic rings. The van der Waals surface area contributed by atoms with E-state index in [1.807, 2.05) is 0 Å². The Labute approximate surface area is 214 Å². The zero-order chi connectivity index (χ0) is 25.8. The van der Waals surface area contributed by atoms with Crippen LogP contribution >= 0.6 is 0 Å². The number of ether oxygens (including phenoxy) is 1. The number of carbonyl (C=O) groups excluding carboxylic acids is 1. The molecule has 7 nitrogen and oxygen atoms in total. The van der Waals surface area contributed by atoms with Crippen LogP contribution in [0, 0.1) is 0 Å². The molecule has 9 heteroatoms. The summed E-state index contributed by atoms with van der Waals surface area (Å²) in [6.07, 6.45) is 7.69. The number of hydrogen-bond donors (Lipinski definition) is 0. The molecule has 2 aromatic carbocycles. The van der Waals surface area contributed by atoms with Crippen LogP contribution in [0.3, 0.4) is 0 Å². The Bertz CT molecular complexity index is 1280. The summed E-state index contributed by atoms with van der Waals surface area (Å²) in [5, 5.41) is -1.33. The van der Waals surface area contributed by atoms with Gasteiger partial charge in [0.05, 0.1) is 27.7 Å². The quantitative estimate of drug-likeness (QED) is 0.423. The molecule has 1 amide bonds. The second-order valence-corrected chi connectivity index (χ2v) is 13.7. The topological polar surface area (TPSA) is 97.8 Å². The largest absolute Gasteiger partial charge is 0.492 e. The average Bonchev–Trinajstić information content (AvgIpc) is 3.02. The number of sulfone groups is 2. The summed E-state index contributed by atoms with van der Waals surface area (Å²) >= 11 is 0. The maximum atomic E-state index is 13.7. The zero-order valence-electron chi connectivity index (χ0n) is 20.8. The van der Waals surface area contributed by atoms with Crippen LogP contribution in [0.4, 0.5) is 0 Å². The van der Waals surface area contributed by atoms with Crippen LogP contribution in [0.2, 0.25) is 0 Å². The fourth-order valence-electron chi connectivity index (χ4n) is 5.02. The molecule has 2 aliphatic heterocycles. The summed E-state index contributed by atoms with van der Waals surface area (Å²) in [6, 6.07) is 10.8. The van der Waals surface area contributed by atoms with E-state index in [1.54, 1.807) is 23.1 Å². The minimum Gasteiger partial charge on any atom is -0.492 e. The molecule has 2 heterocycles. The molecule has 0 spiro atoms. The molecule has 0 saturated carbocycles. The molecule has 1 saturated heterocycles. The molecular formula is C27H35NO6S2. The predicted octanol–water partition coefficient (Wildman–Crippen LogP) is 4.96. The molecule has 0 bridgehead atoms. The van der Waals surface area contributed by atoms with E-state index in [2.05, 4.69) is 6.92 Å². The minimum absolute atomic E-state index is 0.0520. The number of unbranched alkanes of at least 4 members (excludes halogenated alkanes) is 3. The van der Waals surface area contributed by atoms with Crippen LogP contribution in [0.15, 0.2) is 52.3 Å². The smallest absolute Gasteiger partial charge is 0.257 e. The average molecular weight is 534 g/mol. The van der Waals surface area contributed by atoms with Gasteiger partial charge in [0.25, 0.3) is 5.91 Å². The van der Waals surface area contributed by atoms with Gasteiger partial charge in [0, 0.05) is 18.7 Å². The molecule has 1 fully saturated rings. The van der Waals surface area contributed by atoms with Crippen LogP contribution in [0.25, 0.3) is 0 Å². The van der Waals surface area contributed by atoms with Crippen LogP contribution in [0.1, 0.15) is 79.5 Å². The van der Waals surface area contributed by atoms with Crippen molar-refractivity contribution >= 4 is 25.6 Å². The van der Waals surface area contributed by atoms with Crippen molar-refractivity contribution in [1.29, 1.82) is 0 Å². The number of amides is 1. The number of rotatable bonds is 9. The molecule has 0 N–H and O–H groups in total. The van der Waals surface area contributed by atoms with E-state index in [9.17, 15) is 21.6 Å². The third-order valence-electron chi connectivity index (χ3n) is 7.00. The molecule has 4 rings (SSSR count). The number of hydrogen-bond acceptors (Lipinski definition) is 6. The first-order chi connectivity index (χ1) is 17.3. The molecule has 0 radical (unpaired) electrons. The Balaban J connectivity index is 1.81. The van der Waals surface area contributed by atoms with E-state index < -0.39 is 30.7 Å². The highest BCUT2D eigenvalue weighted by Crippen LogP contribution is 2.47. The maximum Gasteiger partial charge on any atom is 0.257 e. The number of nitrogens with zero attached hydrogens (tertiary/aromatic N) is 1. The normalized spacial score (nSPS) is 19.5. The van der Waals surface area contributed by atoms with Crippen LogP contribution in [0.5, 0.6) is 5.75 Å². The third kappa shape index (κ3) is 5.47. The number of carbonyl (C=O) groups is 1. The summed E-state index contributed by atoms with van der Waals surface area (Å²) in [7, 11) is -7.91. The second-order valence-electron chi connectivity index (χ2n) is 9.60. The Hall–Kier alpha value is -2.39. The van der Waals surface area contributed by atoms with Crippen molar-refractivity contribution in [3.05, 3.63) is 53.6 Å². The first kappa shape index (κ1) is 26.7. The SMILES string of the molecule is CCCCCCOc1c(C(=O)N2CCCCCC2)ccc2c1C(S(=O)(=O)c1ccccc1)CS2(=O)=O. The van der Waals surface area contributed by atoms with Crippen molar-refractivity contribution in [2.75, 3.05) is 25.4 Å². The van der Waals surface area contributed by atoms with Gasteiger partial charge in [-0.05, 0) is 43.5 Å². The van der Waals surface area contributed by atoms with Gasteiger partial charge in [0.1, 0.15) is 11.0 Å². The third-order valence-corrected chi connectivity index (χ3v) is 11.1. The molecule has 36 heavy (non-hydrogen) atoms. The molecule has 0 aromatic heterocycles. The van der Waals surface area contributed by atoms with Gasteiger partial charge in [-0.2, -0.15) is 0 Å². The van der Waals surface area contributed by atoms with E-state index >= 15 is 0 Å². The monoisotopic (exact) mass is 533 g/mol. The summed E-state index contributed by atoms with van der Waals surface area (Å²) < 4.78 is 59.7. The van der Waals surface area contributed by atoms with Gasteiger partial charge in [-0.1, -0.05) is 57.2 Å². The Morgan fingerprint density at radius 2 is 1.67 bits per heavy atom. The highest BCUT2D eigenvalue weighted by molar-refractivity contribution is 7.96. The lowest BCUT2D eigenvalue weighted by Gasteiger charge is -2.24. The maximum absolute atomic E-state index is 13.7. The van der Waals surface area contributed by atoms with Gasteiger partial charge in [-0.15, -0.1) is 0 Å². The summed E-state index contributed by atoms with van der Waals surface area (Å²) in [4.78, 5) is 15.4. The zero-order valence-corrected chi connectivity index (χ0v) is 22.5. The standard InChI is InChI=1S/C27H35NO6S2/c1-2-3-4-12-19-34-26-22(27(29)28-17-10-5-6-11-18-28)15-16-23-25(26)24(20-35(23,30)31)36(32,33)21-13-8-7-9-14-21/h7-9,13-16,24H,2-6,10-12,17-20H2,1H3. The Morgan fingerprint density at radius 3 is 2.33 bits per heavy atom. The van der Waals surface area contributed by atoms with E-state index in [1.165, 1.54) is 24.3 Å². The lowest BCUT2D eigenvalue weighted by atomic mass is 10.0. The lowest BCUT2D eigenvalue weighted by molar-refractivity contribution is 0.0756. The number of benzene rings is 2. The van der Waals surface area contributed by atoms with Crippen molar-refractivity contribution < 1.29 is 26.4 Å². The van der Waals surface area contributed by atoms with E-state index in [0.29, 0.717) is 13.1 Å². The molecule has 2 aromatic rings. The lowest BCUT2D eigenvalue weighted by Crippen LogP contribution is -2.32. The van der Waals surface area contributed by atoms with Crippen LogP contribution in [-0.2, 0) is 19.7 Å². The van der Waals surface area contributed by atoms with Crippen molar-refractivity contribution in [2.45, 2.75) is 73.3 Å². The first-order valence-corrected chi connectivity index (χ1v) is 16.1. The highest BCUT2D eigenvalue weighted by atomic mass is 32.2. The van der Waals surface area contributed by atoms with Crippen LogP contribution in [-0.4, -0.2) is 53.1 Å². The number of fused-ring (bicyclic) bond motifs is 1. The second kappa shape index (κ2) is 11.3. The van der Waals surface area contributed by atoms with Crippen molar-refractivity contribution in [1.82, 2.24) is 4.90 Å².